The lowest BCUT2D eigenvalue weighted by Crippen LogP contribution is -2.29. The van der Waals surface area contributed by atoms with E-state index in [0.717, 1.165) is 0 Å². The van der Waals surface area contributed by atoms with E-state index in [0.29, 0.717) is 34.1 Å². The minimum Gasteiger partial charge on any atom is -0.468 e. The summed E-state index contributed by atoms with van der Waals surface area (Å²) in [5.41, 5.74) is 19.6. The molecule has 0 saturated carbocycles. The Morgan fingerprint density at radius 1 is 1.00 bits per heavy atom. The van der Waals surface area contributed by atoms with Gasteiger partial charge in [0.1, 0.15) is 11.9 Å². The van der Waals surface area contributed by atoms with Crippen molar-refractivity contribution in [1.82, 2.24) is 0 Å². The zero-order valence-corrected chi connectivity index (χ0v) is 13.7. The molecule has 0 spiro atoms. The lowest BCUT2D eigenvalue weighted by Gasteiger charge is -2.24. The van der Waals surface area contributed by atoms with Crippen LogP contribution >= 0.6 is 0 Å². The number of aliphatic hydroxyl groups is 3. The molecule has 10 N–H and O–H groups in total. The summed E-state index contributed by atoms with van der Waals surface area (Å²) in [7, 11) is 0. The van der Waals surface area contributed by atoms with Gasteiger partial charge < -0.3 is 42.6 Å². The minimum absolute atomic E-state index is 0.126. The number of aliphatic hydroxyl groups excluding tert-OH is 3. The van der Waals surface area contributed by atoms with Gasteiger partial charge in [-0.3, -0.25) is 0 Å². The van der Waals surface area contributed by atoms with E-state index in [-0.39, 0.29) is 13.0 Å². The molecule has 0 saturated heterocycles. The normalized spacial score (nSPS) is 13.2. The summed E-state index contributed by atoms with van der Waals surface area (Å²) >= 11 is 0. The molecular weight excluding hydrogens is 324 g/mol. The average molecular weight is 348 g/mol. The van der Waals surface area contributed by atoms with E-state index in [1.165, 1.54) is 0 Å². The second kappa shape index (κ2) is 8.43. The Balaban J connectivity index is 2.24. The molecule has 0 amide bonds. The average Bonchev–Trinajstić information content (AvgIpc) is 2.58. The molecule has 25 heavy (non-hydrogen) atoms. The third-order valence-corrected chi connectivity index (χ3v) is 3.62. The number of ether oxygens (including phenoxy) is 1. The second-order valence-electron chi connectivity index (χ2n) is 5.61. The van der Waals surface area contributed by atoms with Crippen molar-refractivity contribution in [3.63, 3.8) is 0 Å². The first-order chi connectivity index (χ1) is 11.9. The quantitative estimate of drug-likeness (QED) is 0.270. The van der Waals surface area contributed by atoms with Crippen molar-refractivity contribution < 1.29 is 20.1 Å². The van der Waals surface area contributed by atoms with Crippen LogP contribution in [0.5, 0.6) is 5.75 Å². The van der Waals surface area contributed by atoms with Gasteiger partial charge >= 0.3 is 0 Å². The number of nitrogens with two attached hydrogens (primary N) is 3. The van der Waals surface area contributed by atoms with E-state index in [9.17, 15) is 15.3 Å². The van der Waals surface area contributed by atoms with Gasteiger partial charge in [0.05, 0.1) is 12.3 Å². The van der Waals surface area contributed by atoms with Crippen molar-refractivity contribution in [2.24, 2.45) is 0 Å². The van der Waals surface area contributed by atoms with Crippen molar-refractivity contribution in [1.29, 1.82) is 0 Å². The first-order valence-electron chi connectivity index (χ1n) is 7.82. The fourth-order valence-corrected chi connectivity index (χ4v) is 2.37. The third kappa shape index (κ3) is 4.90. The maximum absolute atomic E-state index is 9.97. The molecule has 0 fully saturated rings. The van der Waals surface area contributed by atoms with E-state index in [2.05, 4.69) is 5.32 Å². The molecule has 0 radical (unpaired) electrons. The number of rotatable bonds is 8. The van der Waals surface area contributed by atoms with Crippen molar-refractivity contribution in [3.05, 3.63) is 42.0 Å². The molecule has 2 unspecified atom stereocenters. The van der Waals surface area contributed by atoms with Crippen LogP contribution < -0.4 is 27.3 Å². The first-order valence-corrected chi connectivity index (χ1v) is 7.82. The number of nitrogens with one attached hydrogen (secondary N) is 1. The second-order valence-corrected chi connectivity index (χ2v) is 5.61. The lowest BCUT2D eigenvalue weighted by atomic mass is 10.1. The molecule has 8 heteroatoms. The predicted molar refractivity (Wildman–Crippen MR) is 97.9 cm³/mol. The van der Waals surface area contributed by atoms with Crippen LogP contribution in [0.2, 0.25) is 0 Å². The van der Waals surface area contributed by atoms with Gasteiger partial charge in [0, 0.05) is 35.7 Å². The molecule has 2 aromatic rings. The fourth-order valence-electron chi connectivity index (χ4n) is 2.37. The lowest BCUT2D eigenvalue weighted by molar-refractivity contribution is 0.0958. The molecule has 0 heterocycles. The van der Waals surface area contributed by atoms with E-state index in [1.807, 2.05) is 0 Å². The minimum atomic E-state index is -1.10. The molecule has 2 atom stereocenters. The van der Waals surface area contributed by atoms with Gasteiger partial charge in [0.25, 0.3) is 0 Å². The van der Waals surface area contributed by atoms with Crippen LogP contribution in [0.3, 0.4) is 0 Å². The van der Waals surface area contributed by atoms with Crippen LogP contribution in [0.15, 0.2) is 36.4 Å². The third-order valence-electron chi connectivity index (χ3n) is 3.62. The number of hydrogen-bond donors (Lipinski definition) is 7. The van der Waals surface area contributed by atoms with Crippen molar-refractivity contribution in [2.75, 3.05) is 35.7 Å². The molecular formula is C17H24N4O4. The highest BCUT2D eigenvalue weighted by molar-refractivity contribution is 5.61. The largest absolute Gasteiger partial charge is 0.468 e. The van der Waals surface area contributed by atoms with Crippen LogP contribution in [0.25, 0.3) is 0 Å². The van der Waals surface area contributed by atoms with Crippen LogP contribution in [0, 0.1) is 0 Å². The fraction of sp³-hybridized carbons (Fsp3) is 0.294. The van der Waals surface area contributed by atoms with E-state index < -0.39 is 18.9 Å². The number of hydrogen-bond acceptors (Lipinski definition) is 8. The van der Waals surface area contributed by atoms with Crippen LogP contribution in [0.4, 0.5) is 22.7 Å². The number of anilines is 4. The van der Waals surface area contributed by atoms with Gasteiger partial charge in [-0.15, -0.1) is 0 Å². The van der Waals surface area contributed by atoms with Crippen LogP contribution in [0.1, 0.15) is 18.1 Å². The highest BCUT2D eigenvalue weighted by atomic mass is 16.5. The molecule has 0 bridgehead atoms. The zero-order chi connectivity index (χ0) is 18.4. The Morgan fingerprint density at radius 2 is 1.68 bits per heavy atom. The standard InChI is InChI=1S/C17H24N4O4/c18-10-1-3-14(12(7-10)15(24)9-23)21-17(5-6-22)25-16-4-2-11(19)8-13(16)20/h1-4,7-8,15,17,21-24H,5-6,9,18-20H2. The molecule has 8 nitrogen and oxygen atoms in total. The van der Waals surface area contributed by atoms with Gasteiger partial charge in [0.2, 0.25) is 0 Å². The number of nitrogen functional groups attached to an aromatic ring is 3. The summed E-state index contributed by atoms with van der Waals surface area (Å²) in [5, 5.41) is 31.6. The van der Waals surface area contributed by atoms with E-state index in [1.54, 1.807) is 36.4 Å². The highest BCUT2D eigenvalue weighted by Crippen LogP contribution is 2.29. The predicted octanol–water partition coefficient (Wildman–Crippen LogP) is 0.658. The summed E-state index contributed by atoms with van der Waals surface area (Å²) in [5.74, 6) is 0.417. The molecule has 0 aromatic heterocycles. The van der Waals surface area contributed by atoms with Crippen molar-refractivity contribution in [2.45, 2.75) is 18.8 Å². The van der Waals surface area contributed by atoms with Crippen molar-refractivity contribution >= 4 is 22.7 Å². The Bertz CT molecular complexity index is 711. The summed E-state index contributed by atoms with van der Waals surface area (Å²) in [6, 6.07) is 9.77. The van der Waals surface area contributed by atoms with Gasteiger partial charge in [-0.2, -0.15) is 0 Å². The zero-order valence-electron chi connectivity index (χ0n) is 13.7. The molecule has 0 aliphatic heterocycles. The van der Waals surface area contributed by atoms with Crippen molar-refractivity contribution in [3.8, 4) is 5.75 Å². The highest BCUT2D eigenvalue weighted by Gasteiger charge is 2.17. The molecule has 2 aromatic carbocycles. The Morgan fingerprint density at radius 3 is 2.32 bits per heavy atom. The smallest absolute Gasteiger partial charge is 0.172 e. The van der Waals surface area contributed by atoms with Gasteiger partial charge in [-0.25, -0.2) is 0 Å². The summed E-state index contributed by atoms with van der Waals surface area (Å²) in [6.07, 6.45) is -1.45. The first kappa shape index (κ1) is 18.7. The Hall–Kier alpha value is -2.68. The summed E-state index contributed by atoms with van der Waals surface area (Å²) in [4.78, 5) is 0. The monoisotopic (exact) mass is 348 g/mol. The van der Waals surface area contributed by atoms with E-state index in [4.69, 9.17) is 21.9 Å². The molecule has 136 valence electrons. The van der Waals surface area contributed by atoms with Gasteiger partial charge in [0.15, 0.2) is 6.23 Å². The molecule has 0 aliphatic carbocycles. The van der Waals surface area contributed by atoms with E-state index >= 15 is 0 Å². The van der Waals surface area contributed by atoms with Crippen LogP contribution in [-0.4, -0.2) is 34.8 Å². The molecule has 0 aliphatic rings. The van der Waals surface area contributed by atoms with Gasteiger partial charge in [-0.1, -0.05) is 0 Å². The van der Waals surface area contributed by atoms with Crippen LogP contribution in [-0.2, 0) is 0 Å². The summed E-state index contributed by atoms with van der Waals surface area (Å²) < 4.78 is 5.82. The topological polar surface area (TPSA) is 160 Å². The number of benzene rings is 2. The molecule has 2 rings (SSSR count). The van der Waals surface area contributed by atoms with Gasteiger partial charge in [-0.05, 0) is 36.4 Å². The maximum Gasteiger partial charge on any atom is 0.172 e. The SMILES string of the molecule is Nc1ccc(OC(CCO)Nc2ccc(N)cc2C(O)CO)c(N)c1. The Labute approximate surface area is 145 Å². The Kier molecular flexibility index (Phi) is 6.29. The maximum atomic E-state index is 9.97. The summed E-state index contributed by atoms with van der Waals surface area (Å²) in [6.45, 7) is -0.575.